The van der Waals surface area contributed by atoms with Crippen LogP contribution in [0.1, 0.15) is 23.6 Å². The van der Waals surface area contributed by atoms with Crippen molar-refractivity contribution in [1.29, 1.82) is 0 Å². The molecule has 2 heteroatoms. The fraction of sp³-hybridized carbons (Fsp3) is 0.250. The summed E-state index contributed by atoms with van der Waals surface area (Å²) in [6.45, 7) is 9.28. The first kappa shape index (κ1) is 10.5. The lowest BCUT2D eigenvalue weighted by atomic mass is 10.0. The summed E-state index contributed by atoms with van der Waals surface area (Å²) in [6.07, 6.45) is 1.84. The molecule has 0 aliphatic rings. The van der Waals surface area contributed by atoms with E-state index in [0.717, 1.165) is 22.4 Å². The number of benzene rings is 1. The maximum Gasteiger partial charge on any atom is 0.221 e. The number of amides is 1. The SMILES string of the molecule is C=Cc1c(C)cc(NC(C)=O)cc1C. The van der Waals surface area contributed by atoms with Crippen LogP contribution in [-0.4, -0.2) is 5.91 Å². The van der Waals surface area contributed by atoms with Crippen LogP contribution >= 0.6 is 0 Å². The number of nitrogens with one attached hydrogen (secondary N) is 1. The highest BCUT2D eigenvalue weighted by atomic mass is 16.1. The van der Waals surface area contributed by atoms with Crippen LogP contribution < -0.4 is 5.32 Å². The predicted molar refractivity (Wildman–Crippen MR) is 60.3 cm³/mol. The molecule has 0 bridgehead atoms. The summed E-state index contributed by atoms with van der Waals surface area (Å²) in [5, 5.41) is 2.76. The lowest BCUT2D eigenvalue weighted by molar-refractivity contribution is -0.114. The molecule has 0 spiro atoms. The summed E-state index contributed by atoms with van der Waals surface area (Å²) in [7, 11) is 0. The topological polar surface area (TPSA) is 29.1 Å². The summed E-state index contributed by atoms with van der Waals surface area (Å²) in [5.41, 5.74) is 4.24. The first-order valence-electron chi connectivity index (χ1n) is 4.56. The second-order valence-electron chi connectivity index (χ2n) is 3.41. The second kappa shape index (κ2) is 4.09. The van der Waals surface area contributed by atoms with Gasteiger partial charge >= 0.3 is 0 Å². The Balaban J connectivity index is 3.13. The van der Waals surface area contributed by atoms with Gasteiger partial charge in [-0.15, -0.1) is 0 Å². The molecule has 1 aromatic rings. The number of carbonyl (C=O) groups is 1. The van der Waals surface area contributed by atoms with E-state index in [2.05, 4.69) is 11.9 Å². The predicted octanol–water partition coefficient (Wildman–Crippen LogP) is 2.90. The quantitative estimate of drug-likeness (QED) is 0.761. The third kappa shape index (κ3) is 2.22. The standard InChI is InChI=1S/C12H15NO/c1-5-12-8(2)6-11(7-9(12)3)13-10(4)14/h5-7H,1H2,2-4H3,(H,13,14). The van der Waals surface area contributed by atoms with Crippen LogP contribution in [0.4, 0.5) is 5.69 Å². The van der Waals surface area contributed by atoms with Crippen LogP contribution in [0.15, 0.2) is 18.7 Å². The van der Waals surface area contributed by atoms with Gasteiger partial charge < -0.3 is 5.32 Å². The van der Waals surface area contributed by atoms with Crippen molar-refractivity contribution in [2.75, 3.05) is 5.32 Å². The highest BCUT2D eigenvalue weighted by molar-refractivity contribution is 5.89. The third-order valence-electron chi connectivity index (χ3n) is 2.12. The molecule has 1 amide bonds. The second-order valence-corrected chi connectivity index (χ2v) is 3.41. The largest absolute Gasteiger partial charge is 0.326 e. The molecule has 0 unspecified atom stereocenters. The van der Waals surface area contributed by atoms with Gasteiger partial charge in [-0.3, -0.25) is 4.79 Å². The van der Waals surface area contributed by atoms with Crippen molar-refractivity contribution in [2.45, 2.75) is 20.8 Å². The average Bonchev–Trinajstić information content (AvgIpc) is 2.01. The van der Waals surface area contributed by atoms with E-state index in [1.165, 1.54) is 6.92 Å². The number of aryl methyl sites for hydroxylation is 2. The summed E-state index contributed by atoms with van der Waals surface area (Å²) in [5.74, 6) is -0.0462. The summed E-state index contributed by atoms with van der Waals surface area (Å²) >= 11 is 0. The van der Waals surface area contributed by atoms with E-state index < -0.39 is 0 Å². The Bertz CT molecular complexity index is 357. The van der Waals surface area contributed by atoms with E-state index in [0.29, 0.717) is 0 Å². The lowest BCUT2D eigenvalue weighted by Crippen LogP contribution is -2.06. The fourth-order valence-electron chi connectivity index (χ4n) is 1.57. The minimum Gasteiger partial charge on any atom is -0.326 e. The molecule has 0 atom stereocenters. The van der Waals surface area contributed by atoms with Gasteiger partial charge in [0.05, 0.1) is 0 Å². The van der Waals surface area contributed by atoms with E-state index in [1.54, 1.807) is 0 Å². The zero-order valence-corrected chi connectivity index (χ0v) is 8.85. The first-order valence-corrected chi connectivity index (χ1v) is 4.56. The minimum absolute atomic E-state index is 0.0462. The van der Waals surface area contributed by atoms with Gasteiger partial charge in [0.25, 0.3) is 0 Å². The van der Waals surface area contributed by atoms with E-state index >= 15 is 0 Å². The van der Waals surface area contributed by atoms with Crippen molar-refractivity contribution < 1.29 is 4.79 Å². The molecule has 0 heterocycles. The lowest BCUT2D eigenvalue weighted by Gasteiger charge is -2.09. The summed E-state index contributed by atoms with van der Waals surface area (Å²) < 4.78 is 0. The Morgan fingerprint density at radius 2 is 1.86 bits per heavy atom. The highest BCUT2D eigenvalue weighted by Crippen LogP contribution is 2.20. The first-order chi connectivity index (χ1) is 6.54. The molecule has 74 valence electrons. The van der Waals surface area contributed by atoms with Crippen molar-refractivity contribution in [1.82, 2.24) is 0 Å². The molecule has 0 aliphatic carbocycles. The number of hydrogen-bond donors (Lipinski definition) is 1. The van der Waals surface area contributed by atoms with Crippen LogP contribution in [-0.2, 0) is 4.79 Å². The maximum atomic E-state index is 10.9. The summed E-state index contributed by atoms with van der Waals surface area (Å²) in [6, 6.07) is 3.90. The Morgan fingerprint density at radius 3 is 2.21 bits per heavy atom. The number of rotatable bonds is 2. The van der Waals surface area contributed by atoms with Crippen LogP contribution in [0.5, 0.6) is 0 Å². The zero-order chi connectivity index (χ0) is 10.7. The number of carbonyl (C=O) groups excluding carboxylic acids is 1. The Kier molecular flexibility index (Phi) is 3.07. The van der Waals surface area contributed by atoms with Crippen LogP contribution in [0.3, 0.4) is 0 Å². The molecule has 2 nitrogen and oxygen atoms in total. The molecule has 14 heavy (non-hydrogen) atoms. The fourth-order valence-corrected chi connectivity index (χ4v) is 1.57. The monoisotopic (exact) mass is 189 g/mol. The zero-order valence-electron chi connectivity index (χ0n) is 8.85. The molecule has 1 aromatic carbocycles. The van der Waals surface area contributed by atoms with Gasteiger partial charge in [-0.2, -0.15) is 0 Å². The number of anilines is 1. The van der Waals surface area contributed by atoms with Crippen LogP contribution in [0, 0.1) is 13.8 Å². The van der Waals surface area contributed by atoms with Gasteiger partial charge in [0.1, 0.15) is 0 Å². The Hall–Kier alpha value is -1.57. The number of hydrogen-bond acceptors (Lipinski definition) is 1. The van der Waals surface area contributed by atoms with Gasteiger partial charge in [-0.1, -0.05) is 12.7 Å². The molecular formula is C12H15NO. The maximum absolute atomic E-state index is 10.9. The van der Waals surface area contributed by atoms with Gasteiger partial charge in [0, 0.05) is 12.6 Å². The van der Waals surface area contributed by atoms with Gasteiger partial charge in [-0.05, 0) is 42.7 Å². The van der Waals surface area contributed by atoms with Crippen molar-refractivity contribution in [2.24, 2.45) is 0 Å². The molecule has 0 aromatic heterocycles. The van der Waals surface area contributed by atoms with E-state index in [9.17, 15) is 4.79 Å². The van der Waals surface area contributed by atoms with E-state index in [-0.39, 0.29) is 5.91 Å². The van der Waals surface area contributed by atoms with Gasteiger partial charge in [-0.25, -0.2) is 0 Å². The molecule has 0 saturated carbocycles. The van der Waals surface area contributed by atoms with Crippen LogP contribution in [0.2, 0.25) is 0 Å². The molecule has 0 radical (unpaired) electrons. The van der Waals surface area contributed by atoms with Gasteiger partial charge in [0.15, 0.2) is 0 Å². The van der Waals surface area contributed by atoms with E-state index in [1.807, 2.05) is 32.1 Å². The minimum atomic E-state index is -0.0462. The van der Waals surface area contributed by atoms with Crippen molar-refractivity contribution in [3.05, 3.63) is 35.4 Å². The van der Waals surface area contributed by atoms with Crippen LogP contribution in [0.25, 0.3) is 6.08 Å². The Morgan fingerprint density at radius 1 is 1.36 bits per heavy atom. The smallest absolute Gasteiger partial charge is 0.221 e. The van der Waals surface area contributed by atoms with E-state index in [4.69, 9.17) is 0 Å². The normalized spacial score (nSPS) is 9.64. The molecule has 0 aliphatic heterocycles. The van der Waals surface area contributed by atoms with Crippen molar-refractivity contribution in [3.8, 4) is 0 Å². The molecule has 1 rings (SSSR count). The molecule has 0 fully saturated rings. The molecule has 0 saturated heterocycles. The van der Waals surface area contributed by atoms with Gasteiger partial charge in [0.2, 0.25) is 5.91 Å². The van der Waals surface area contributed by atoms with Crippen molar-refractivity contribution >= 4 is 17.7 Å². The van der Waals surface area contributed by atoms with Crippen molar-refractivity contribution in [3.63, 3.8) is 0 Å². The average molecular weight is 189 g/mol. The molecule has 1 N–H and O–H groups in total. The highest BCUT2D eigenvalue weighted by Gasteiger charge is 2.02. The Labute approximate surface area is 84.6 Å². The summed E-state index contributed by atoms with van der Waals surface area (Å²) in [4.78, 5) is 10.9. The third-order valence-corrected chi connectivity index (χ3v) is 2.12. The molecular weight excluding hydrogens is 174 g/mol.